The van der Waals surface area contributed by atoms with Crippen molar-refractivity contribution in [1.29, 1.82) is 5.41 Å². The zero-order valence-corrected chi connectivity index (χ0v) is 22.4. The van der Waals surface area contributed by atoms with Crippen LogP contribution in [0.1, 0.15) is 41.9 Å². The molecule has 1 unspecified atom stereocenters. The van der Waals surface area contributed by atoms with Gasteiger partial charge >= 0.3 is 0 Å². The van der Waals surface area contributed by atoms with Crippen molar-refractivity contribution in [1.82, 2.24) is 0 Å². The number of Topliss-reactive ketones (excluding diaryl/α,β-unsaturated/α-hetero) is 1. The first-order valence-electron chi connectivity index (χ1n) is 12.9. The fraction of sp³-hybridized carbons (Fsp3) is 0.226. The molecule has 1 heterocycles. The summed E-state index contributed by atoms with van der Waals surface area (Å²) in [6.45, 7) is 1.94. The average Bonchev–Trinajstić information content (AvgIpc) is 2.96. The van der Waals surface area contributed by atoms with Gasteiger partial charge in [0.15, 0.2) is 5.78 Å². The predicted molar refractivity (Wildman–Crippen MR) is 152 cm³/mol. The maximum atomic E-state index is 13.7. The second kappa shape index (κ2) is 10.7. The minimum atomic E-state index is -0.809. The molecule has 2 aliphatic rings. The molecule has 0 aromatic heterocycles. The van der Waals surface area contributed by atoms with Crippen molar-refractivity contribution < 1.29 is 24.3 Å². The van der Waals surface area contributed by atoms with E-state index in [1.165, 1.54) is 19.2 Å². The summed E-state index contributed by atoms with van der Waals surface area (Å²) in [6, 6.07) is 18.4. The lowest BCUT2D eigenvalue weighted by molar-refractivity contribution is -0.384. The van der Waals surface area contributed by atoms with Crippen LogP contribution in [0.25, 0.3) is 5.76 Å². The zero-order chi connectivity index (χ0) is 28.6. The van der Waals surface area contributed by atoms with E-state index in [0.29, 0.717) is 58.8 Å². The Morgan fingerprint density at radius 3 is 2.35 bits per heavy atom. The number of anilines is 1. The summed E-state index contributed by atoms with van der Waals surface area (Å²) in [5.74, 6) is -0.0471. The first-order valence-corrected chi connectivity index (χ1v) is 12.9. The zero-order valence-electron chi connectivity index (χ0n) is 22.4. The van der Waals surface area contributed by atoms with Gasteiger partial charge in [0, 0.05) is 52.2 Å². The van der Waals surface area contributed by atoms with Crippen molar-refractivity contribution in [2.75, 3.05) is 19.1 Å². The summed E-state index contributed by atoms with van der Waals surface area (Å²) in [7, 11) is 3.08. The predicted octanol–water partition coefficient (Wildman–Crippen LogP) is 6.48. The number of rotatable bonds is 6. The summed E-state index contributed by atoms with van der Waals surface area (Å²) >= 11 is 0. The molecule has 0 spiro atoms. The van der Waals surface area contributed by atoms with Gasteiger partial charge in [0.1, 0.15) is 23.1 Å². The Morgan fingerprint density at radius 1 is 1.02 bits per heavy atom. The number of ether oxygens (including phenoxy) is 2. The molecule has 0 fully saturated rings. The van der Waals surface area contributed by atoms with Crippen LogP contribution in [0.3, 0.4) is 0 Å². The van der Waals surface area contributed by atoms with Crippen LogP contribution in [0.2, 0.25) is 0 Å². The number of nitrogens with one attached hydrogen (secondary N) is 1. The Hall–Kier alpha value is -4.92. The molecule has 1 aliphatic heterocycles. The van der Waals surface area contributed by atoms with Gasteiger partial charge in [-0.2, -0.15) is 0 Å². The third-order valence-electron chi connectivity index (χ3n) is 7.40. The second-order valence-electron chi connectivity index (χ2n) is 9.76. The van der Waals surface area contributed by atoms with Gasteiger partial charge in [-0.1, -0.05) is 29.8 Å². The number of ketones is 1. The molecule has 3 aromatic rings. The number of methoxy groups -OCH3 is 2. The second-order valence-corrected chi connectivity index (χ2v) is 9.76. The molecule has 0 amide bonds. The van der Waals surface area contributed by atoms with E-state index >= 15 is 0 Å². The SMILES string of the molecule is COc1ccc(OC)c(C2C3=C(CCCC3=O)N(c3ccc([N+](=O)[O-])cc3)C(=N)/C2=C(/O)c2ccc(C)cc2)c1. The number of non-ortho nitro benzene ring substituents is 1. The van der Waals surface area contributed by atoms with Crippen LogP contribution in [-0.4, -0.2) is 35.9 Å². The van der Waals surface area contributed by atoms with Gasteiger partial charge in [0.25, 0.3) is 5.69 Å². The quantitative estimate of drug-likeness (QED) is 0.209. The molecule has 204 valence electrons. The van der Waals surface area contributed by atoms with Crippen LogP contribution in [0.4, 0.5) is 11.4 Å². The number of aliphatic hydroxyl groups excluding tert-OH is 1. The number of aliphatic hydroxyl groups is 1. The number of benzene rings is 3. The van der Waals surface area contributed by atoms with E-state index in [1.807, 2.05) is 19.1 Å². The molecule has 5 rings (SSSR count). The molecular formula is C31H29N3O6. The third-order valence-corrected chi connectivity index (χ3v) is 7.40. The Balaban J connectivity index is 1.84. The number of nitro benzene ring substituents is 1. The Bertz CT molecular complexity index is 1570. The lowest BCUT2D eigenvalue weighted by Crippen LogP contribution is -2.42. The van der Waals surface area contributed by atoms with Crippen LogP contribution in [0.15, 0.2) is 83.6 Å². The van der Waals surface area contributed by atoms with Gasteiger partial charge < -0.3 is 14.6 Å². The number of aryl methyl sites for hydroxylation is 1. The summed E-state index contributed by atoms with van der Waals surface area (Å²) in [5, 5.41) is 32.5. The van der Waals surface area contributed by atoms with Crippen molar-refractivity contribution in [3.05, 3.63) is 110 Å². The normalized spacial score (nSPS) is 18.4. The monoisotopic (exact) mass is 539 g/mol. The van der Waals surface area contributed by atoms with Gasteiger partial charge in [-0.05, 0) is 50.1 Å². The Morgan fingerprint density at radius 2 is 1.73 bits per heavy atom. The highest BCUT2D eigenvalue weighted by Gasteiger charge is 2.44. The van der Waals surface area contributed by atoms with E-state index in [-0.39, 0.29) is 28.6 Å². The number of allylic oxidation sites excluding steroid dienone is 2. The molecule has 0 saturated heterocycles. The van der Waals surface area contributed by atoms with Crippen molar-refractivity contribution >= 4 is 28.8 Å². The number of hydrogen-bond acceptors (Lipinski definition) is 7. The maximum Gasteiger partial charge on any atom is 0.269 e. The van der Waals surface area contributed by atoms with E-state index in [9.17, 15) is 25.4 Å². The molecule has 9 heteroatoms. The number of hydrogen-bond donors (Lipinski definition) is 2. The number of amidine groups is 1. The van der Waals surface area contributed by atoms with Gasteiger partial charge in [-0.25, -0.2) is 0 Å². The number of carbonyl (C=O) groups excluding carboxylic acids is 1. The molecule has 0 saturated carbocycles. The molecule has 0 bridgehead atoms. The van der Waals surface area contributed by atoms with Crippen LogP contribution in [0, 0.1) is 22.4 Å². The fourth-order valence-electron chi connectivity index (χ4n) is 5.44. The smallest absolute Gasteiger partial charge is 0.269 e. The molecule has 0 radical (unpaired) electrons. The molecule has 40 heavy (non-hydrogen) atoms. The Kier molecular flexibility index (Phi) is 7.13. The highest BCUT2D eigenvalue weighted by Crippen LogP contribution is 2.50. The minimum absolute atomic E-state index is 0.0322. The van der Waals surface area contributed by atoms with Crippen molar-refractivity contribution in [2.45, 2.75) is 32.1 Å². The van der Waals surface area contributed by atoms with E-state index < -0.39 is 10.8 Å². The lowest BCUT2D eigenvalue weighted by Gasteiger charge is -2.42. The lowest BCUT2D eigenvalue weighted by atomic mass is 9.73. The molecule has 2 N–H and O–H groups in total. The summed E-state index contributed by atoms with van der Waals surface area (Å²) < 4.78 is 11.2. The highest BCUT2D eigenvalue weighted by atomic mass is 16.6. The Labute approximate surface area is 231 Å². The van der Waals surface area contributed by atoms with Crippen molar-refractivity contribution in [2.24, 2.45) is 0 Å². The van der Waals surface area contributed by atoms with Gasteiger partial charge in [-0.3, -0.25) is 25.2 Å². The first-order chi connectivity index (χ1) is 19.2. The third kappa shape index (κ3) is 4.59. The van der Waals surface area contributed by atoms with Crippen LogP contribution in [0.5, 0.6) is 11.5 Å². The molecule has 1 aliphatic carbocycles. The van der Waals surface area contributed by atoms with Gasteiger partial charge in [0.05, 0.1) is 25.1 Å². The highest BCUT2D eigenvalue weighted by molar-refractivity contribution is 6.19. The van der Waals surface area contributed by atoms with Crippen LogP contribution >= 0.6 is 0 Å². The standard InChI is InChI=1S/C31H29N3O6/c1-18-7-9-19(10-8-18)30(36)29-27(23-17-22(39-2)15-16-26(23)40-3)28-24(5-4-6-25(28)35)33(31(29)32)20-11-13-21(14-12-20)34(37)38/h7-17,27,32,36H,4-6H2,1-3H3/b30-29+,32-31?. The topological polar surface area (TPSA) is 126 Å². The van der Waals surface area contributed by atoms with Crippen LogP contribution < -0.4 is 14.4 Å². The van der Waals surface area contributed by atoms with E-state index in [0.717, 1.165) is 5.56 Å². The number of carbonyl (C=O) groups is 1. The molecular weight excluding hydrogens is 510 g/mol. The number of nitrogens with zero attached hydrogens (tertiary/aromatic N) is 2. The molecule has 3 aromatic carbocycles. The first kappa shape index (κ1) is 26.7. The van der Waals surface area contributed by atoms with Gasteiger partial charge in [-0.15, -0.1) is 0 Å². The van der Waals surface area contributed by atoms with Crippen LogP contribution in [-0.2, 0) is 4.79 Å². The maximum absolute atomic E-state index is 13.7. The van der Waals surface area contributed by atoms with E-state index in [2.05, 4.69) is 0 Å². The van der Waals surface area contributed by atoms with E-state index in [4.69, 9.17) is 9.47 Å². The summed E-state index contributed by atoms with van der Waals surface area (Å²) in [5.41, 5.74) is 3.81. The minimum Gasteiger partial charge on any atom is -0.507 e. The molecule has 9 nitrogen and oxygen atoms in total. The summed E-state index contributed by atoms with van der Waals surface area (Å²) in [4.78, 5) is 26.2. The molecule has 1 atom stereocenters. The van der Waals surface area contributed by atoms with Crippen molar-refractivity contribution in [3.8, 4) is 11.5 Å². The fourth-order valence-corrected chi connectivity index (χ4v) is 5.44. The van der Waals surface area contributed by atoms with Gasteiger partial charge in [0.2, 0.25) is 0 Å². The van der Waals surface area contributed by atoms with Crippen molar-refractivity contribution in [3.63, 3.8) is 0 Å². The number of nitro groups is 1. The summed E-state index contributed by atoms with van der Waals surface area (Å²) in [6.07, 6.45) is 1.43. The van der Waals surface area contributed by atoms with E-state index in [1.54, 1.807) is 54.5 Å². The average molecular weight is 540 g/mol. The largest absolute Gasteiger partial charge is 0.507 e.